The Morgan fingerprint density at radius 2 is 2.30 bits per heavy atom. The monoisotopic (exact) mass is 287 g/mol. The molecule has 1 amide bonds. The SMILES string of the molecule is N[C@H](Cc1c[nH]c2ccccc12)C(=O)Nc1cnns1. The third-order valence-corrected chi connectivity index (χ3v) is 3.64. The van der Waals surface area contributed by atoms with Gasteiger partial charge >= 0.3 is 0 Å². The van der Waals surface area contributed by atoms with Gasteiger partial charge in [-0.15, -0.1) is 5.10 Å². The zero-order chi connectivity index (χ0) is 13.9. The van der Waals surface area contributed by atoms with E-state index < -0.39 is 6.04 Å². The highest BCUT2D eigenvalue weighted by Crippen LogP contribution is 2.19. The molecule has 102 valence electrons. The minimum absolute atomic E-state index is 0.235. The number of amides is 1. The van der Waals surface area contributed by atoms with Crippen LogP contribution in [0.15, 0.2) is 36.7 Å². The van der Waals surface area contributed by atoms with E-state index in [0.29, 0.717) is 11.4 Å². The van der Waals surface area contributed by atoms with Crippen LogP contribution in [-0.4, -0.2) is 26.5 Å². The number of nitrogens with zero attached hydrogens (tertiary/aromatic N) is 2. The van der Waals surface area contributed by atoms with Gasteiger partial charge < -0.3 is 16.0 Å². The summed E-state index contributed by atoms with van der Waals surface area (Å²) < 4.78 is 3.68. The Balaban J connectivity index is 1.72. The van der Waals surface area contributed by atoms with Crippen molar-refractivity contribution in [2.45, 2.75) is 12.5 Å². The lowest BCUT2D eigenvalue weighted by Crippen LogP contribution is -2.37. The average molecular weight is 287 g/mol. The Labute approximate surface area is 119 Å². The Morgan fingerprint density at radius 3 is 3.10 bits per heavy atom. The molecule has 0 saturated heterocycles. The Kier molecular flexibility index (Phi) is 3.44. The number of anilines is 1. The summed E-state index contributed by atoms with van der Waals surface area (Å²) in [6, 6.07) is 7.32. The minimum atomic E-state index is -0.615. The Morgan fingerprint density at radius 1 is 1.45 bits per heavy atom. The second-order valence-electron chi connectivity index (χ2n) is 4.44. The predicted molar refractivity (Wildman–Crippen MR) is 78.5 cm³/mol. The lowest BCUT2D eigenvalue weighted by Gasteiger charge is -2.10. The summed E-state index contributed by atoms with van der Waals surface area (Å²) >= 11 is 1.12. The summed E-state index contributed by atoms with van der Waals surface area (Å²) in [5.74, 6) is -0.235. The van der Waals surface area contributed by atoms with Gasteiger partial charge in [-0.2, -0.15) is 0 Å². The molecule has 0 unspecified atom stereocenters. The third-order valence-electron chi connectivity index (χ3n) is 3.06. The number of rotatable bonds is 4. The molecule has 1 atom stereocenters. The van der Waals surface area contributed by atoms with E-state index in [1.165, 1.54) is 6.20 Å². The highest BCUT2D eigenvalue weighted by Gasteiger charge is 2.16. The van der Waals surface area contributed by atoms with Crippen LogP contribution in [0.1, 0.15) is 5.56 Å². The van der Waals surface area contributed by atoms with Crippen LogP contribution in [0.3, 0.4) is 0 Å². The van der Waals surface area contributed by atoms with E-state index >= 15 is 0 Å². The van der Waals surface area contributed by atoms with Crippen LogP contribution in [0, 0.1) is 0 Å². The molecule has 0 aliphatic rings. The summed E-state index contributed by atoms with van der Waals surface area (Å²) in [5.41, 5.74) is 8.03. The largest absolute Gasteiger partial charge is 0.361 e. The van der Waals surface area contributed by atoms with Crippen LogP contribution in [0.2, 0.25) is 0 Å². The molecule has 20 heavy (non-hydrogen) atoms. The van der Waals surface area contributed by atoms with Crippen molar-refractivity contribution >= 4 is 33.3 Å². The van der Waals surface area contributed by atoms with Crippen LogP contribution in [0.25, 0.3) is 10.9 Å². The Hall–Kier alpha value is -2.25. The molecule has 6 nitrogen and oxygen atoms in total. The van der Waals surface area contributed by atoms with Crippen molar-refractivity contribution in [3.05, 3.63) is 42.2 Å². The first kappa shape index (κ1) is 12.8. The van der Waals surface area contributed by atoms with Gasteiger partial charge in [-0.25, -0.2) is 0 Å². The van der Waals surface area contributed by atoms with Gasteiger partial charge in [0.1, 0.15) is 5.00 Å². The van der Waals surface area contributed by atoms with Crippen LogP contribution in [0.5, 0.6) is 0 Å². The quantitative estimate of drug-likeness (QED) is 0.678. The number of hydrogen-bond donors (Lipinski definition) is 3. The molecular formula is C13H13N5OS. The first-order chi connectivity index (χ1) is 9.74. The number of hydrogen-bond acceptors (Lipinski definition) is 5. The molecule has 2 heterocycles. The fourth-order valence-electron chi connectivity index (χ4n) is 2.07. The molecule has 7 heteroatoms. The number of nitrogens with one attached hydrogen (secondary N) is 2. The van der Waals surface area contributed by atoms with E-state index in [2.05, 4.69) is 19.9 Å². The van der Waals surface area contributed by atoms with Gasteiger partial charge in [0.05, 0.1) is 12.2 Å². The zero-order valence-corrected chi connectivity index (χ0v) is 11.4. The van der Waals surface area contributed by atoms with Crippen molar-refractivity contribution in [3.63, 3.8) is 0 Å². The fraction of sp³-hybridized carbons (Fsp3) is 0.154. The number of fused-ring (bicyclic) bond motifs is 1. The number of benzene rings is 1. The van der Waals surface area contributed by atoms with Crippen LogP contribution in [-0.2, 0) is 11.2 Å². The number of carbonyl (C=O) groups is 1. The van der Waals surface area contributed by atoms with Crippen molar-refractivity contribution in [3.8, 4) is 0 Å². The molecule has 0 bridgehead atoms. The Bertz CT molecular complexity index is 721. The number of para-hydroxylation sites is 1. The first-order valence-electron chi connectivity index (χ1n) is 6.13. The molecule has 2 aromatic heterocycles. The molecule has 0 aliphatic heterocycles. The molecule has 3 rings (SSSR count). The summed E-state index contributed by atoms with van der Waals surface area (Å²) in [4.78, 5) is 15.2. The number of nitrogens with two attached hydrogens (primary N) is 1. The minimum Gasteiger partial charge on any atom is -0.361 e. The van der Waals surface area contributed by atoms with Gasteiger partial charge in [0.2, 0.25) is 5.91 Å². The number of aromatic amines is 1. The molecule has 0 aliphatic carbocycles. The van der Waals surface area contributed by atoms with E-state index in [0.717, 1.165) is 28.0 Å². The summed E-state index contributed by atoms with van der Waals surface area (Å²) in [7, 11) is 0. The maximum Gasteiger partial charge on any atom is 0.242 e. The van der Waals surface area contributed by atoms with Crippen molar-refractivity contribution in [2.75, 3.05) is 5.32 Å². The van der Waals surface area contributed by atoms with Gasteiger partial charge in [-0.1, -0.05) is 22.7 Å². The highest BCUT2D eigenvalue weighted by atomic mass is 32.1. The topological polar surface area (TPSA) is 96.7 Å². The molecule has 3 aromatic rings. The average Bonchev–Trinajstić information content (AvgIpc) is 3.09. The smallest absolute Gasteiger partial charge is 0.242 e. The molecule has 0 radical (unpaired) electrons. The number of carbonyl (C=O) groups excluding carboxylic acids is 1. The van der Waals surface area contributed by atoms with E-state index in [4.69, 9.17) is 5.73 Å². The van der Waals surface area contributed by atoms with Gasteiger partial charge in [0, 0.05) is 28.6 Å². The summed E-state index contributed by atoms with van der Waals surface area (Å²) in [5, 5.41) is 8.05. The lowest BCUT2D eigenvalue weighted by atomic mass is 10.1. The van der Waals surface area contributed by atoms with E-state index in [-0.39, 0.29) is 5.91 Å². The second kappa shape index (κ2) is 5.40. The zero-order valence-electron chi connectivity index (χ0n) is 10.5. The number of aromatic nitrogens is 3. The third kappa shape index (κ3) is 2.54. The molecule has 0 fully saturated rings. The van der Waals surface area contributed by atoms with Crippen molar-refractivity contribution in [1.82, 2.24) is 14.6 Å². The van der Waals surface area contributed by atoms with Crippen LogP contribution >= 0.6 is 11.5 Å². The van der Waals surface area contributed by atoms with E-state index in [1.54, 1.807) is 0 Å². The predicted octanol–water partition coefficient (Wildman–Crippen LogP) is 1.53. The highest BCUT2D eigenvalue weighted by molar-refractivity contribution is 7.10. The van der Waals surface area contributed by atoms with E-state index in [1.807, 2.05) is 30.5 Å². The van der Waals surface area contributed by atoms with Crippen molar-refractivity contribution in [1.29, 1.82) is 0 Å². The molecule has 0 spiro atoms. The summed E-state index contributed by atoms with van der Waals surface area (Å²) in [6.45, 7) is 0. The van der Waals surface area contributed by atoms with Gasteiger partial charge in [0.25, 0.3) is 0 Å². The lowest BCUT2D eigenvalue weighted by molar-refractivity contribution is -0.117. The first-order valence-corrected chi connectivity index (χ1v) is 6.90. The molecule has 0 saturated carbocycles. The fourth-order valence-corrected chi connectivity index (χ4v) is 2.49. The number of H-pyrrole nitrogens is 1. The van der Waals surface area contributed by atoms with Gasteiger partial charge in [-0.3, -0.25) is 4.79 Å². The molecule has 4 N–H and O–H groups in total. The van der Waals surface area contributed by atoms with Crippen LogP contribution < -0.4 is 11.1 Å². The maximum absolute atomic E-state index is 12.0. The van der Waals surface area contributed by atoms with Crippen LogP contribution in [0.4, 0.5) is 5.00 Å². The van der Waals surface area contributed by atoms with Gasteiger partial charge in [-0.05, 0) is 18.1 Å². The second-order valence-corrected chi connectivity index (χ2v) is 5.23. The van der Waals surface area contributed by atoms with Gasteiger partial charge in [0.15, 0.2) is 0 Å². The molecular weight excluding hydrogens is 274 g/mol. The maximum atomic E-state index is 12.0. The van der Waals surface area contributed by atoms with E-state index in [9.17, 15) is 4.79 Å². The standard InChI is InChI=1S/C13H13N5OS/c14-10(13(19)17-12-7-16-18-20-12)5-8-6-15-11-4-2-1-3-9(8)11/h1-4,6-7,10,15H,5,14H2,(H,17,19)/t10-/m1/s1. The van der Waals surface area contributed by atoms with Crippen molar-refractivity contribution in [2.24, 2.45) is 5.73 Å². The molecule has 1 aromatic carbocycles. The summed E-state index contributed by atoms with van der Waals surface area (Å²) in [6.07, 6.45) is 3.87. The normalized spacial score (nSPS) is 12.4. The van der Waals surface area contributed by atoms with Crippen molar-refractivity contribution < 1.29 is 4.79 Å².